The van der Waals surface area contributed by atoms with Gasteiger partial charge < -0.3 is 15.0 Å². The van der Waals surface area contributed by atoms with Crippen molar-refractivity contribution in [1.82, 2.24) is 4.57 Å². The van der Waals surface area contributed by atoms with E-state index in [1.807, 2.05) is 12.3 Å². The minimum absolute atomic E-state index is 0.289. The van der Waals surface area contributed by atoms with Gasteiger partial charge in [0.2, 0.25) is 0 Å². The van der Waals surface area contributed by atoms with Crippen LogP contribution in [0.3, 0.4) is 0 Å². The predicted molar refractivity (Wildman–Crippen MR) is 102 cm³/mol. The van der Waals surface area contributed by atoms with Gasteiger partial charge in [-0.05, 0) is 48.7 Å². The first-order valence-electron chi connectivity index (χ1n) is 7.39. The summed E-state index contributed by atoms with van der Waals surface area (Å²) in [5, 5.41) is 14.2. The van der Waals surface area contributed by atoms with E-state index in [4.69, 9.17) is 11.6 Å². The summed E-state index contributed by atoms with van der Waals surface area (Å²) >= 11 is 7.33. The first-order chi connectivity index (χ1) is 11.9. The molecule has 0 unspecified atom stereocenters. The van der Waals surface area contributed by atoms with E-state index in [-0.39, 0.29) is 11.3 Å². The van der Waals surface area contributed by atoms with E-state index in [1.54, 1.807) is 43.4 Å². The fraction of sp³-hybridized carbons (Fsp3) is 0.111. The van der Waals surface area contributed by atoms with Crippen molar-refractivity contribution < 1.29 is 9.90 Å². The van der Waals surface area contributed by atoms with Crippen molar-refractivity contribution in [2.45, 2.75) is 4.90 Å². The number of aromatic nitrogens is 1. The number of anilines is 1. The molecule has 0 saturated carbocycles. The minimum atomic E-state index is -0.670. The van der Waals surface area contributed by atoms with Crippen molar-refractivity contribution in [2.75, 3.05) is 11.6 Å². The Bertz CT molecular complexity index is 1030. The van der Waals surface area contributed by atoms with E-state index in [9.17, 15) is 14.7 Å². The molecule has 0 radical (unpaired) electrons. The molecule has 0 saturated heterocycles. The molecule has 1 aromatic heterocycles. The summed E-state index contributed by atoms with van der Waals surface area (Å²) in [5.41, 5.74) is 0.189. The molecule has 0 spiro atoms. The highest BCUT2D eigenvalue weighted by Gasteiger charge is 2.21. The second kappa shape index (κ2) is 6.82. The van der Waals surface area contributed by atoms with Crippen molar-refractivity contribution in [1.29, 1.82) is 0 Å². The molecule has 25 heavy (non-hydrogen) atoms. The number of nitrogens with zero attached hydrogens (tertiary/aromatic N) is 1. The molecule has 3 aromatic rings. The SMILES string of the molecule is CSc1ccc2c(c1)c(O)c(C(=O)Nc1ccc(Cl)cc1)c(=O)n2C. The number of halogens is 1. The van der Waals surface area contributed by atoms with Gasteiger partial charge in [0.1, 0.15) is 11.3 Å². The summed E-state index contributed by atoms with van der Waals surface area (Å²) in [6.07, 6.45) is 1.91. The summed E-state index contributed by atoms with van der Waals surface area (Å²) < 4.78 is 1.36. The topological polar surface area (TPSA) is 71.3 Å². The molecule has 2 aromatic carbocycles. The minimum Gasteiger partial charge on any atom is -0.506 e. The van der Waals surface area contributed by atoms with Crippen LogP contribution in [0.5, 0.6) is 5.75 Å². The molecule has 0 aliphatic carbocycles. The van der Waals surface area contributed by atoms with Gasteiger partial charge in [0.05, 0.1) is 5.52 Å². The lowest BCUT2D eigenvalue weighted by Crippen LogP contribution is -2.28. The molecule has 128 valence electrons. The zero-order valence-corrected chi connectivity index (χ0v) is 15.1. The summed E-state index contributed by atoms with van der Waals surface area (Å²) in [6, 6.07) is 11.9. The molecule has 1 amide bonds. The summed E-state index contributed by atoms with van der Waals surface area (Å²) in [5.74, 6) is -0.989. The maximum absolute atomic E-state index is 12.6. The number of aromatic hydroxyl groups is 1. The smallest absolute Gasteiger partial charge is 0.267 e. The Morgan fingerprint density at radius 2 is 1.88 bits per heavy atom. The lowest BCUT2D eigenvalue weighted by molar-refractivity contribution is 0.102. The van der Waals surface area contributed by atoms with Crippen LogP contribution in [-0.4, -0.2) is 21.8 Å². The van der Waals surface area contributed by atoms with Gasteiger partial charge in [0.15, 0.2) is 0 Å². The Balaban J connectivity index is 2.13. The summed E-state index contributed by atoms with van der Waals surface area (Å²) in [4.78, 5) is 26.0. The lowest BCUT2D eigenvalue weighted by atomic mass is 10.1. The van der Waals surface area contributed by atoms with Crippen LogP contribution in [0.4, 0.5) is 5.69 Å². The van der Waals surface area contributed by atoms with Crippen molar-refractivity contribution in [3.8, 4) is 5.75 Å². The normalized spacial score (nSPS) is 10.8. The Hall–Kier alpha value is -2.44. The van der Waals surface area contributed by atoms with Crippen LogP contribution in [-0.2, 0) is 7.05 Å². The molecule has 7 heteroatoms. The number of aryl methyl sites for hydroxylation is 1. The van der Waals surface area contributed by atoms with Gasteiger partial charge in [0.25, 0.3) is 11.5 Å². The van der Waals surface area contributed by atoms with E-state index >= 15 is 0 Å². The van der Waals surface area contributed by atoms with Crippen molar-refractivity contribution in [3.63, 3.8) is 0 Å². The Kier molecular flexibility index (Phi) is 4.74. The predicted octanol–water partition coefficient (Wildman–Crippen LogP) is 3.87. The van der Waals surface area contributed by atoms with Gasteiger partial charge in [-0.2, -0.15) is 0 Å². The van der Waals surface area contributed by atoms with Crippen molar-refractivity contribution in [3.05, 3.63) is 63.4 Å². The second-order valence-electron chi connectivity index (χ2n) is 5.43. The van der Waals surface area contributed by atoms with Crippen LogP contribution >= 0.6 is 23.4 Å². The Morgan fingerprint density at radius 3 is 2.52 bits per heavy atom. The molecule has 0 aliphatic rings. The van der Waals surface area contributed by atoms with Gasteiger partial charge in [0, 0.05) is 28.0 Å². The number of nitrogens with one attached hydrogen (secondary N) is 1. The van der Waals surface area contributed by atoms with Crippen LogP contribution < -0.4 is 10.9 Å². The van der Waals surface area contributed by atoms with E-state index in [0.717, 1.165) is 4.90 Å². The molecule has 3 rings (SSSR count). The third-order valence-electron chi connectivity index (χ3n) is 3.90. The Labute approximate surface area is 153 Å². The van der Waals surface area contributed by atoms with E-state index in [0.29, 0.717) is 21.6 Å². The van der Waals surface area contributed by atoms with Crippen LogP contribution in [0.1, 0.15) is 10.4 Å². The molecule has 0 bridgehead atoms. The van der Waals surface area contributed by atoms with Crippen LogP contribution in [0, 0.1) is 0 Å². The average Bonchev–Trinajstić information content (AvgIpc) is 2.61. The second-order valence-corrected chi connectivity index (χ2v) is 6.75. The maximum atomic E-state index is 12.6. The molecule has 0 aliphatic heterocycles. The number of hydrogen-bond acceptors (Lipinski definition) is 4. The molecule has 2 N–H and O–H groups in total. The number of thioether (sulfide) groups is 1. The number of amides is 1. The first kappa shape index (κ1) is 17.4. The molecular weight excluding hydrogens is 360 g/mol. The first-order valence-corrected chi connectivity index (χ1v) is 8.99. The van der Waals surface area contributed by atoms with Gasteiger partial charge >= 0.3 is 0 Å². The summed E-state index contributed by atoms with van der Waals surface area (Å²) in [7, 11) is 1.57. The van der Waals surface area contributed by atoms with Crippen molar-refractivity contribution in [2.24, 2.45) is 7.05 Å². The van der Waals surface area contributed by atoms with E-state index < -0.39 is 11.5 Å². The Morgan fingerprint density at radius 1 is 1.20 bits per heavy atom. The summed E-state index contributed by atoms with van der Waals surface area (Å²) in [6.45, 7) is 0. The molecule has 1 heterocycles. The fourth-order valence-corrected chi connectivity index (χ4v) is 3.13. The number of carbonyl (C=O) groups is 1. The van der Waals surface area contributed by atoms with Gasteiger partial charge in [-0.3, -0.25) is 9.59 Å². The van der Waals surface area contributed by atoms with Gasteiger partial charge in [-0.1, -0.05) is 11.6 Å². The van der Waals surface area contributed by atoms with E-state index in [1.165, 1.54) is 16.3 Å². The largest absolute Gasteiger partial charge is 0.506 e. The van der Waals surface area contributed by atoms with Gasteiger partial charge in [-0.15, -0.1) is 11.8 Å². The van der Waals surface area contributed by atoms with Crippen LogP contribution in [0.2, 0.25) is 5.02 Å². The number of benzene rings is 2. The molecule has 0 fully saturated rings. The lowest BCUT2D eigenvalue weighted by Gasteiger charge is -2.13. The zero-order chi connectivity index (χ0) is 18.1. The molecular formula is C18H15ClN2O3S. The number of hydrogen-bond donors (Lipinski definition) is 2. The number of pyridine rings is 1. The number of rotatable bonds is 3. The highest BCUT2D eigenvalue weighted by atomic mass is 35.5. The molecule has 5 nitrogen and oxygen atoms in total. The van der Waals surface area contributed by atoms with Crippen molar-refractivity contribution >= 4 is 45.9 Å². The highest BCUT2D eigenvalue weighted by molar-refractivity contribution is 7.98. The molecule has 0 atom stereocenters. The van der Waals surface area contributed by atoms with Crippen LogP contribution in [0.25, 0.3) is 10.9 Å². The van der Waals surface area contributed by atoms with E-state index in [2.05, 4.69) is 5.32 Å². The standard InChI is InChI=1S/C18H15ClN2O3S/c1-21-14-8-7-12(25-2)9-13(14)16(22)15(18(21)24)17(23)20-11-5-3-10(19)4-6-11/h3-9,22H,1-2H3,(H,20,23). The zero-order valence-electron chi connectivity index (χ0n) is 13.5. The highest BCUT2D eigenvalue weighted by Crippen LogP contribution is 2.30. The van der Waals surface area contributed by atoms with Crippen LogP contribution in [0.15, 0.2) is 52.2 Å². The quantitative estimate of drug-likeness (QED) is 0.682. The number of carbonyl (C=O) groups excluding carboxylic acids is 1. The third-order valence-corrected chi connectivity index (χ3v) is 4.88. The monoisotopic (exact) mass is 374 g/mol. The fourth-order valence-electron chi connectivity index (χ4n) is 2.57. The average molecular weight is 375 g/mol. The third kappa shape index (κ3) is 3.23. The number of fused-ring (bicyclic) bond motifs is 1. The van der Waals surface area contributed by atoms with Gasteiger partial charge in [-0.25, -0.2) is 0 Å². The maximum Gasteiger partial charge on any atom is 0.267 e.